The molecule has 1 aliphatic carbocycles. The lowest BCUT2D eigenvalue weighted by molar-refractivity contribution is -0.137. The molecule has 1 N–H and O–H groups in total. The van der Waals surface area contributed by atoms with Crippen molar-refractivity contribution in [2.45, 2.75) is 50.4 Å². The Kier molecular flexibility index (Phi) is 5.37. The van der Waals surface area contributed by atoms with Crippen molar-refractivity contribution in [1.82, 2.24) is 20.1 Å². The molecular formula is C23H28F3N5O. The molecule has 0 aromatic carbocycles. The van der Waals surface area contributed by atoms with Crippen molar-refractivity contribution in [2.75, 3.05) is 31.5 Å². The molecule has 2 aromatic heterocycles. The fourth-order valence-electron chi connectivity index (χ4n) is 5.18. The third-order valence-corrected chi connectivity index (χ3v) is 6.68. The Morgan fingerprint density at radius 2 is 1.94 bits per heavy atom. The summed E-state index contributed by atoms with van der Waals surface area (Å²) in [5.41, 5.74) is -0.762. The molecule has 6 nitrogen and oxygen atoms in total. The molecule has 1 saturated carbocycles. The maximum atomic E-state index is 13.3. The van der Waals surface area contributed by atoms with Crippen molar-refractivity contribution >= 4 is 5.82 Å². The van der Waals surface area contributed by atoms with Crippen LogP contribution in [-0.4, -0.2) is 58.4 Å². The summed E-state index contributed by atoms with van der Waals surface area (Å²) in [5, 5.41) is 11.5. The molecule has 2 aromatic rings. The van der Waals surface area contributed by atoms with Crippen LogP contribution in [0.15, 0.2) is 30.6 Å². The van der Waals surface area contributed by atoms with E-state index in [4.69, 9.17) is 7.48 Å². The topological polar surface area (TPSA) is 63.2 Å². The molecule has 4 atom stereocenters. The SMILES string of the molecule is [2H]C([2H])([C@@H]1CCCCO1)N1C[C@H]2CC(Nc3ccc(-c4cnccc4C(F)(F)F)nn3)C[C@H]2C1. The Labute approximate surface area is 188 Å². The zero-order chi connectivity index (χ0) is 23.9. The van der Waals surface area contributed by atoms with Gasteiger partial charge in [-0.15, -0.1) is 10.2 Å². The number of pyridine rings is 1. The van der Waals surface area contributed by atoms with E-state index in [-0.39, 0.29) is 23.4 Å². The van der Waals surface area contributed by atoms with Gasteiger partial charge in [-0.25, -0.2) is 0 Å². The molecule has 3 fully saturated rings. The highest BCUT2D eigenvalue weighted by Crippen LogP contribution is 2.40. The number of likely N-dealkylation sites (tertiary alicyclic amines) is 1. The molecule has 0 spiro atoms. The third kappa shape index (κ3) is 4.73. The average Bonchev–Trinajstić information content (AvgIpc) is 3.39. The van der Waals surface area contributed by atoms with E-state index in [1.807, 2.05) is 4.90 Å². The summed E-state index contributed by atoms with van der Waals surface area (Å²) in [5.74, 6) is 1.32. The maximum absolute atomic E-state index is 13.3. The van der Waals surface area contributed by atoms with Gasteiger partial charge in [0.15, 0.2) is 0 Å². The molecule has 4 heterocycles. The summed E-state index contributed by atoms with van der Waals surface area (Å²) < 4.78 is 62.8. The first-order valence-electron chi connectivity index (χ1n) is 12.2. The van der Waals surface area contributed by atoms with Gasteiger partial charge < -0.3 is 15.0 Å². The van der Waals surface area contributed by atoms with E-state index >= 15 is 0 Å². The summed E-state index contributed by atoms with van der Waals surface area (Å²) in [6.45, 7) is 0.606. The smallest absolute Gasteiger partial charge is 0.377 e. The fourth-order valence-corrected chi connectivity index (χ4v) is 5.18. The monoisotopic (exact) mass is 449 g/mol. The van der Waals surface area contributed by atoms with Crippen LogP contribution in [-0.2, 0) is 10.9 Å². The Morgan fingerprint density at radius 1 is 1.12 bits per heavy atom. The van der Waals surface area contributed by atoms with Gasteiger partial charge in [-0.05, 0) is 62.1 Å². The van der Waals surface area contributed by atoms with E-state index in [0.717, 1.165) is 50.6 Å². The van der Waals surface area contributed by atoms with Crippen LogP contribution in [0.25, 0.3) is 11.3 Å². The first kappa shape index (κ1) is 19.2. The standard InChI is InChI=1S/C23H28F3N5O/c24-23(25,26)20-6-7-27-11-19(20)21-4-5-22(30-29-21)28-17-9-15-12-31(13-16(15)10-17)14-18-3-1-2-8-32-18/h4-7,11,15-18H,1-3,8-10,12-14H2,(H,28,30)/t15-,16+,17?,18-/m0/s1/i14D2. The van der Waals surface area contributed by atoms with E-state index in [1.54, 1.807) is 6.07 Å². The van der Waals surface area contributed by atoms with Gasteiger partial charge in [0.1, 0.15) is 5.82 Å². The van der Waals surface area contributed by atoms with Crippen molar-refractivity contribution in [1.29, 1.82) is 0 Å². The lowest BCUT2D eigenvalue weighted by Gasteiger charge is -2.28. The molecule has 9 heteroatoms. The minimum absolute atomic E-state index is 0.0965. The van der Waals surface area contributed by atoms with Gasteiger partial charge in [0.05, 0.1) is 17.4 Å². The molecule has 0 radical (unpaired) electrons. The average molecular weight is 450 g/mol. The van der Waals surface area contributed by atoms with Crippen LogP contribution in [0.4, 0.5) is 19.0 Å². The molecule has 2 aliphatic heterocycles. The van der Waals surface area contributed by atoms with E-state index in [1.165, 1.54) is 6.07 Å². The summed E-state index contributed by atoms with van der Waals surface area (Å²) in [6, 6.07) is 4.29. The van der Waals surface area contributed by atoms with Crippen LogP contribution in [0.1, 0.15) is 40.4 Å². The van der Waals surface area contributed by atoms with Crippen LogP contribution in [0.3, 0.4) is 0 Å². The van der Waals surface area contributed by atoms with Gasteiger partial charge >= 0.3 is 6.18 Å². The van der Waals surface area contributed by atoms with Crippen molar-refractivity contribution in [3.8, 4) is 11.3 Å². The van der Waals surface area contributed by atoms with Crippen LogP contribution >= 0.6 is 0 Å². The van der Waals surface area contributed by atoms with Crippen molar-refractivity contribution in [3.63, 3.8) is 0 Å². The Morgan fingerprint density at radius 3 is 2.59 bits per heavy atom. The van der Waals surface area contributed by atoms with Gasteiger partial charge in [-0.1, -0.05) is 0 Å². The second kappa shape index (κ2) is 8.94. The predicted octanol–water partition coefficient (Wildman–Crippen LogP) is 4.25. The van der Waals surface area contributed by atoms with Gasteiger partial charge in [-0.3, -0.25) is 4.98 Å². The number of anilines is 1. The number of fused-ring (bicyclic) bond motifs is 1. The van der Waals surface area contributed by atoms with E-state index in [0.29, 0.717) is 37.4 Å². The van der Waals surface area contributed by atoms with E-state index in [2.05, 4.69) is 20.5 Å². The Hall–Kier alpha value is -2.26. The second-order valence-electron chi connectivity index (χ2n) is 8.94. The summed E-state index contributed by atoms with van der Waals surface area (Å²) in [7, 11) is 0. The third-order valence-electron chi connectivity index (χ3n) is 6.68. The molecular weight excluding hydrogens is 419 g/mol. The second-order valence-corrected chi connectivity index (χ2v) is 8.94. The summed E-state index contributed by atoms with van der Waals surface area (Å²) >= 11 is 0. The maximum Gasteiger partial charge on any atom is 0.417 e. The summed E-state index contributed by atoms with van der Waals surface area (Å²) in [6.07, 6.45) is 1.98. The molecule has 172 valence electrons. The van der Waals surface area contributed by atoms with Crippen LogP contribution < -0.4 is 5.32 Å². The number of nitrogens with zero attached hydrogens (tertiary/aromatic N) is 4. The number of halogens is 3. The van der Waals surface area contributed by atoms with Gasteiger partial charge in [0.2, 0.25) is 0 Å². The molecule has 2 saturated heterocycles. The van der Waals surface area contributed by atoms with E-state index in [9.17, 15) is 13.2 Å². The van der Waals surface area contributed by atoms with Crippen LogP contribution in [0, 0.1) is 11.8 Å². The van der Waals surface area contributed by atoms with Crippen molar-refractivity contribution in [3.05, 3.63) is 36.2 Å². The number of nitrogens with one attached hydrogen (secondary N) is 1. The number of ether oxygens (including phenoxy) is 1. The number of rotatable bonds is 5. The van der Waals surface area contributed by atoms with Crippen LogP contribution in [0.5, 0.6) is 0 Å². The first-order chi connectivity index (χ1) is 16.2. The molecule has 5 rings (SSSR count). The lowest BCUT2D eigenvalue weighted by atomic mass is 10.0. The molecule has 32 heavy (non-hydrogen) atoms. The number of aromatic nitrogens is 3. The quantitative estimate of drug-likeness (QED) is 0.737. The fraction of sp³-hybridized carbons (Fsp3) is 0.609. The zero-order valence-electron chi connectivity index (χ0n) is 19.7. The number of hydrogen-bond donors (Lipinski definition) is 1. The highest BCUT2D eigenvalue weighted by atomic mass is 19.4. The van der Waals surface area contributed by atoms with Gasteiger partial charge in [0, 0.05) is 52.9 Å². The summed E-state index contributed by atoms with van der Waals surface area (Å²) in [4.78, 5) is 5.76. The molecule has 3 aliphatic rings. The molecule has 0 amide bonds. The lowest BCUT2D eigenvalue weighted by Crippen LogP contribution is -2.35. The molecule has 1 unspecified atom stereocenters. The Balaban J connectivity index is 1.19. The predicted molar refractivity (Wildman–Crippen MR) is 114 cm³/mol. The minimum atomic E-state index is -4.49. The van der Waals surface area contributed by atoms with Crippen LogP contribution in [0.2, 0.25) is 0 Å². The Bertz CT molecular complexity index is 987. The van der Waals surface area contributed by atoms with E-state index < -0.39 is 18.2 Å². The largest absolute Gasteiger partial charge is 0.417 e. The highest BCUT2D eigenvalue weighted by Gasteiger charge is 2.41. The zero-order valence-corrected chi connectivity index (χ0v) is 17.7. The normalized spacial score (nSPS) is 30.0. The van der Waals surface area contributed by atoms with Crippen molar-refractivity contribution in [2.24, 2.45) is 11.8 Å². The molecule has 0 bridgehead atoms. The minimum Gasteiger partial charge on any atom is -0.377 e. The van der Waals surface area contributed by atoms with Gasteiger partial charge in [-0.2, -0.15) is 13.2 Å². The number of alkyl halides is 3. The van der Waals surface area contributed by atoms with Gasteiger partial charge in [0.25, 0.3) is 0 Å². The highest BCUT2D eigenvalue weighted by molar-refractivity contribution is 5.63. The van der Waals surface area contributed by atoms with Crippen molar-refractivity contribution < 1.29 is 20.6 Å². The number of hydrogen-bond acceptors (Lipinski definition) is 6. The first-order valence-corrected chi connectivity index (χ1v) is 11.2.